The molecule has 0 radical (unpaired) electrons. The Morgan fingerprint density at radius 2 is 1.22 bits per heavy atom. The molecule has 2 heteroatoms. The lowest BCUT2D eigenvalue weighted by Crippen LogP contribution is -2.32. The Morgan fingerprint density at radius 3 is 1.70 bits per heavy atom. The number of nitrogens with zero attached hydrogens (tertiary/aromatic N) is 1. The first-order valence-corrected chi connectivity index (χ1v) is 10.2. The van der Waals surface area contributed by atoms with E-state index in [2.05, 4.69) is 39.5 Å². The number of hydrogen-bond donors (Lipinski definition) is 0. The molecular weight excluding hydrogens is 282 g/mol. The average Bonchev–Trinajstić information content (AvgIpc) is 2.48. The second kappa shape index (κ2) is 13.9. The van der Waals surface area contributed by atoms with E-state index in [1.54, 1.807) is 0 Å². The minimum atomic E-state index is 0.389. The van der Waals surface area contributed by atoms with Crippen molar-refractivity contribution in [2.45, 2.75) is 112 Å². The van der Waals surface area contributed by atoms with Crippen molar-refractivity contribution in [2.24, 2.45) is 5.41 Å². The standard InChI is InChI=1S/C21H43NO/c1-6-8-18-22(19-9-7-2)20(23)16-14-12-10-11-13-15-17-21(3,4)5/h6-19H2,1-5H3. The van der Waals surface area contributed by atoms with Crippen molar-refractivity contribution in [2.75, 3.05) is 13.1 Å². The molecule has 2 nitrogen and oxygen atoms in total. The Hall–Kier alpha value is -0.530. The normalized spacial score (nSPS) is 11.7. The van der Waals surface area contributed by atoms with Gasteiger partial charge in [-0.15, -0.1) is 0 Å². The van der Waals surface area contributed by atoms with Crippen LogP contribution in [0.3, 0.4) is 0 Å². The Bertz CT molecular complexity index is 272. The highest BCUT2D eigenvalue weighted by atomic mass is 16.2. The van der Waals surface area contributed by atoms with Gasteiger partial charge in [0, 0.05) is 19.5 Å². The highest BCUT2D eigenvalue weighted by Gasteiger charge is 2.12. The average molecular weight is 326 g/mol. The smallest absolute Gasteiger partial charge is 0.222 e. The summed E-state index contributed by atoms with van der Waals surface area (Å²) in [7, 11) is 0. The molecule has 0 aromatic heterocycles. The van der Waals surface area contributed by atoms with Gasteiger partial charge in [-0.05, 0) is 31.1 Å². The van der Waals surface area contributed by atoms with Crippen molar-refractivity contribution in [3.05, 3.63) is 0 Å². The zero-order chi connectivity index (χ0) is 17.6. The van der Waals surface area contributed by atoms with Gasteiger partial charge in [0.2, 0.25) is 5.91 Å². The van der Waals surface area contributed by atoms with Gasteiger partial charge in [0.25, 0.3) is 0 Å². The Morgan fingerprint density at radius 1 is 0.739 bits per heavy atom. The molecule has 0 heterocycles. The molecule has 0 aromatic carbocycles. The second-order valence-electron chi connectivity index (χ2n) is 8.27. The summed E-state index contributed by atoms with van der Waals surface area (Å²) in [6.45, 7) is 13.3. The van der Waals surface area contributed by atoms with E-state index in [4.69, 9.17) is 0 Å². The molecule has 0 atom stereocenters. The predicted octanol–water partition coefficient (Wildman–Crippen LogP) is 6.58. The first kappa shape index (κ1) is 22.5. The first-order valence-electron chi connectivity index (χ1n) is 10.2. The molecule has 138 valence electrons. The maximum Gasteiger partial charge on any atom is 0.222 e. The molecule has 0 saturated carbocycles. The van der Waals surface area contributed by atoms with E-state index in [0.29, 0.717) is 11.3 Å². The third-order valence-electron chi connectivity index (χ3n) is 4.48. The fraction of sp³-hybridized carbons (Fsp3) is 0.952. The van der Waals surface area contributed by atoms with Crippen LogP contribution in [0.5, 0.6) is 0 Å². The lowest BCUT2D eigenvalue weighted by molar-refractivity contribution is -0.131. The summed E-state index contributed by atoms with van der Waals surface area (Å²) < 4.78 is 0. The van der Waals surface area contributed by atoms with Crippen LogP contribution >= 0.6 is 0 Å². The minimum Gasteiger partial charge on any atom is -0.343 e. The maximum atomic E-state index is 12.3. The maximum absolute atomic E-state index is 12.3. The predicted molar refractivity (Wildman–Crippen MR) is 103 cm³/mol. The first-order chi connectivity index (χ1) is 10.9. The molecule has 0 aliphatic carbocycles. The molecule has 0 aromatic rings. The zero-order valence-electron chi connectivity index (χ0n) is 16.8. The number of hydrogen-bond acceptors (Lipinski definition) is 1. The lowest BCUT2D eigenvalue weighted by Gasteiger charge is -2.22. The van der Waals surface area contributed by atoms with Crippen LogP contribution in [-0.4, -0.2) is 23.9 Å². The molecule has 0 aliphatic rings. The van der Waals surface area contributed by atoms with E-state index in [1.165, 1.54) is 51.4 Å². The summed E-state index contributed by atoms with van der Waals surface area (Å²) in [4.78, 5) is 14.4. The number of carbonyl (C=O) groups is 1. The van der Waals surface area contributed by atoms with Gasteiger partial charge in [0.1, 0.15) is 0 Å². The van der Waals surface area contributed by atoms with Crippen LogP contribution in [0.4, 0.5) is 0 Å². The molecule has 1 amide bonds. The lowest BCUT2D eigenvalue weighted by atomic mass is 9.89. The van der Waals surface area contributed by atoms with Crippen molar-refractivity contribution in [1.29, 1.82) is 0 Å². The van der Waals surface area contributed by atoms with E-state index in [1.807, 2.05) is 0 Å². The quantitative estimate of drug-likeness (QED) is 0.330. The third-order valence-corrected chi connectivity index (χ3v) is 4.48. The molecule has 0 N–H and O–H groups in total. The van der Waals surface area contributed by atoms with Crippen LogP contribution < -0.4 is 0 Å². The topological polar surface area (TPSA) is 20.3 Å². The monoisotopic (exact) mass is 325 g/mol. The summed E-state index contributed by atoms with van der Waals surface area (Å²) in [6, 6.07) is 0. The Kier molecular flexibility index (Phi) is 13.5. The molecule has 0 unspecified atom stereocenters. The van der Waals surface area contributed by atoms with Crippen LogP contribution in [-0.2, 0) is 4.79 Å². The second-order valence-corrected chi connectivity index (χ2v) is 8.27. The summed E-state index contributed by atoms with van der Waals surface area (Å²) in [5, 5.41) is 0. The van der Waals surface area contributed by atoms with Gasteiger partial charge in [0.05, 0.1) is 0 Å². The molecule has 23 heavy (non-hydrogen) atoms. The molecule has 0 saturated heterocycles. The van der Waals surface area contributed by atoms with Gasteiger partial charge in [-0.25, -0.2) is 0 Å². The van der Waals surface area contributed by atoms with Crippen molar-refractivity contribution in [1.82, 2.24) is 4.90 Å². The summed E-state index contributed by atoms with van der Waals surface area (Å²) in [5.41, 5.74) is 0.479. The largest absolute Gasteiger partial charge is 0.343 e. The van der Waals surface area contributed by atoms with E-state index in [9.17, 15) is 4.79 Å². The van der Waals surface area contributed by atoms with Gasteiger partial charge in [-0.3, -0.25) is 4.79 Å². The van der Waals surface area contributed by atoms with Crippen LogP contribution in [0.1, 0.15) is 112 Å². The van der Waals surface area contributed by atoms with Crippen molar-refractivity contribution < 1.29 is 4.79 Å². The Balaban J connectivity index is 3.69. The zero-order valence-corrected chi connectivity index (χ0v) is 16.8. The summed E-state index contributed by atoms with van der Waals surface area (Å²) in [5.74, 6) is 0.389. The summed E-state index contributed by atoms with van der Waals surface area (Å²) in [6.07, 6.45) is 14.3. The fourth-order valence-corrected chi connectivity index (χ4v) is 2.86. The molecule has 0 bridgehead atoms. The molecule has 0 fully saturated rings. The van der Waals surface area contributed by atoms with Crippen LogP contribution in [0.2, 0.25) is 0 Å². The summed E-state index contributed by atoms with van der Waals surface area (Å²) >= 11 is 0. The number of unbranched alkanes of at least 4 members (excludes halogenated alkanes) is 7. The van der Waals surface area contributed by atoms with Gasteiger partial charge >= 0.3 is 0 Å². The van der Waals surface area contributed by atoms with E-state index < -0.39 is 0 Å². The third kappa shape index (κ3) is 14.8. The van der Waals surface area contributed by atoms with Crippen LogP contribution in [0, 0.1) is 5.41 Å². The fourth-order valence-electron chi connectivity index (χ4n) is 2.86. The van der Waals surface area contributed by atoms with Crippen LogP contribution in [0.25, 0.3) is 0 Å². The van der Waals surface area contributed by atoms with E-state index in [0.717, 1.165) is 38.8 Å². The number of amides is 1. The number of rotatable bonds is 14. The molecule has 0 spiro atoms. The minimum absolute atomic E-state index is 0.389. The van der Waals surface area contributed by atoms with Crippen LogP contribution in [0.15, 0.2) is 0 Å². The van der Waals surface area contributed by atoms with Crippen molar-refractivity contribution in [3.63, 3.8) is 0 Å². The molecule has 0 aliphatic heterocycles. The highest BCUT2D eigenvalue weighted by molar-refractivity contribution is 5.76. The molecular formula is C21H43NO. The van der Waals surface area contributed by atoms with Gasteiger partial charge in [0.15, 0.2) is 0 Å². The SMILES string of the molecule is CCCCN(CCCC)C(=O)CCCCCCCCC(C)(C)C. The number of carbonyl (C=O) groups excluding carboxylic acids is 1. The van der Waals surface area contributed by atoms with E-state index >= 15 is 0 Å². The van der Waals surface area contributed by atoms with Gasteiger partial charge < -0.3 is 4.90 Å². The van der Waals surface area contributed by atoms with Gasteiger partial charge in [-0.2, -0.15) is 0 Å². The van der Waals surface area contributed by atoms with E-state index in [-0.39, 0.29) is 0 Å². The van der Waals surface area contributed by atoms with Crippen molar-refractivity contribution >= 4 is 5.91 Å². The van der Waals surface area contributed by atoms with Gasteiger partial charge in [-0.1, -0.05) is 79.6 Å². The molecule has 0 rings (SSSR count). The highest BCUT2D eigenvalue weighted by Crippen LogP contribution is 2.22. The Labute approximate surface area is 146 Å². The van der Waals surface area contributed by atoms with Crippen molar-refractivity contribution in [3.8, 4) is 0 Å².